The average Bonchev–Trinajstić information content (AvgIpc) is 3.06. The maximum absolute atomic E-state index is 14.3. The fraction of sp³-hybridized carbons (Fsp3) is 0.559. The molecule has 4 rings (SSSR count). The van der Waals surface area contributed by atoms with Crippen LogP contribution in [0.15, 0.2) is 34.3 Å². The van der Waals surface area contributed by atoms with Gasteiger partial charge in [-0.2, -0.15) is 0 Å². The van der Waals surface area contributed by atoms with E-state index in [1.807, 2.05) is 6.92 Å². The Bertz CT molecular complexity index is 1580. The topological polar surface area (TPSA) is 147 Å². The van der Waals surface area contributed by atoms with Gasteiger partial charge in [-0.3, -0.25) is 14.4 Å². The Hall–Kier alpha value is -4.69. The fourth-order valence-electron chi connectivity index (χ4n) is 5.61. The molecule has 49 heavy (non-hydrogen) atoms. The summed E-state index contributed by atoms with van der Waals surface area (Å²) in [4.78, 5) is 60.4. The van der Waals surface area contributed by atoms with E-state index in [1.54, 1.807) is 4.90 Å². The molecule has 2 bridgehead atoms. The molecule has 13 nitrogen and oxygen atoms in total. The number of methoxy groups -OCH3 is 1. The summed E-state index contributed by atoms with van der Waals surface area (Å²) in [5, 5.41) is 6.51. The lowest BCUT2D eigenvalue weighted by Crippen LogP contribution is -2.50. The smallest absolute Gasteiger partial charge is 0.482 e. The predicted octanol–water partition coefficient (Wildman–Crippen LogP) is 5.31. The van der Waals surface area contributed by atoms with Crippen molar-refractivity contribution in [3.63, 3.8) is 0 Å². The quantitative estimate of drug-likeness (QED) is 0.168. The number of pyridine rings is 1. The van der Waals surface area contributed by atoms with Crippen LogP contribution in [0.3, 0.4) is 0 Å². The number of carbonyl (C=O) groups excluding carboxylic acids is 3. The Morgan fingerprint density at radius 2 is 1.90 bits per heavy atom. The zero-order valence-electron chi connectivity index (χ0n) is 28.3. The third-order valence-electron chi connectivity index (χ3n) is 8.40. The molecule has 0 saturated heterocycles. The molecule has 15 heteroatoms. The molecule has 0 radical (unpaired) electrons. The monoisotopic (exact) mass is 690 g/mol. The molecular weight excluding hydrogens is 646 g/mol. The van der Waals surface area contributed by atoms with E-state index < -0.39 is 59.2 Å². The lowest BCUT2D eigenvalue weighted by molar-refractivity contribution is 0.00240. The van der Waals surface area contributed by atoms with Crippen molar-refractivity contribution in [2.24, 2.45) is 11.1 Å². The number of ether oxygens (including phenoxy) is 4. The fourth-order valence-corrected chi connectivity index (χ4v) is 5.61. The standard InChI is InChI=1S/C34H44F2N4O9/c1-21(2)9-7-5-6-8-13-46-34(44)48-20-47-31-29-33(43)39-18-25(16-28(45-4)38-49-14-12-22(39)3)40(29)19-26(30(31)41)32(42)37-17-23-10-11-24(35)15-27(23)36/h10-11,15,19,21-22,25H,5-9,12-14,16-18,20H2,1-4H3,(H,37,42)/b38-28+/t22-,25-/m0/s1. The summed E-state index contributed by atoms with van der Waals surface area (Å²) in [6.07, 6.45) is 5.54. The molecule has 2 atom stereocenters. The van der Waals surface area contributed by atoms with Crippen LogP contribution in [0.2, 0.25) is 0 Å². The highest BCUT2D eigenvalue weighted by molar-refractivity contribution is 5.99. The van der Waals surface area contributed by atoms with Gasteiger partial charge in [0.15, 0.2) is 5.69 Å². The molecule has 2 aliphatic heterocycles. The predicted molar refractivity (Wildman–Crippen MR) is 173 cm³/mol. The van der Waals surface area contributed by atoms with Crippen LogP contribution < -0.4 is 15.5 Å². The summed E-state index contributed by atoms with van der Waals surface area (Å²) in [6, 6.07) is 1.98. The third-order valence-corrected chi connectivity index (χ3v) is 8.40. The van der Waals surface area contributed by atoms with Gasteiger partial charge in [-0.25, -0.2) is 13.6 Å². The normalized spacial score (nSPS) is 18.5. The second kappa shape index (κ2) is 17.6. The van der Waals surface area contributed by atoms with E-state index in [4.69, 9.17) is 23.8 Å². The van der Waals surface area contributed by atoms with Crippen LogP contribution in [-0.4, -0.2) is 73.0 Å². The van der Waals surface area contributed by atoms with Gasteiger partial charge in [0.05, 0.1) is 19.8 Å². The SMILES string of the molecule is CO/C1=N/OCC[C@H](C)N2C[C@H](C1)n1cc(C(=O)NCc3ccc(F)cc3F)c(=O)c(OCOC(=O)OCCCCCCC(C)C)c1C2=O. The lowest BCUT2D eigenvalue weighted by atomic mass is 10.0. The van der Waals surface area contributed by atoms with E-state index in [9.17, 15) is 28.0 Å². The summed E-state index contributed by atoms with van der Waals surface area (Å²) in [6.45, 7) is 5.55. The van der Waals surface area contributed by atoms with Gasteiger partial charge in [0.2, 0.25) is 23.9 Å². The summed E-state index contributed by atoms with van der Waals surface area (Å²) in [7, 11) is 1.42. The Labute approximate surface area is 283 Å². The number of carbonyl (C=O) groups is 3. The summed E-state index contributed by atoms with van der Waals surface area (Å²) >= 11 is 0. The number of rotatable bonds is 13. The van der Waals surface area contributed by atoms with Crippen molar-refractivity contribution in [3.05, 3.63) is 63.1 Å². The van der Waals surface area contributed by atoms with Crippen LogP contribution in [0.25, 0.3) is 0 Å². The molecular formula is C34H44F2N4O9. The van der Waals surface area contributed by atoms with Gasteiger partial charge >= 0.3 is 6.16 Å². The number of nitrogens with zero attached hydrogens (tertiary/aromatic N) is 3. The molecule has 1 N–H and O–H groups in total. The van der Waals surface area contributed by atoms with Gasteiger partial charge in [-0.05, 0) is 25.3 Å². The van der Waals surface area contributed by atoms with Gasteiger partial charge in [-0.15, -0.1) is 0 Å². The zero-order valence-corrected chi connectivity index (χ0v) is 28.3. The summed E-state index contributed by atoms with van der Waals surface area (Å²) in [5.41, 5.74) is -1.57. The Morgan fingerprint density at radius 3 is 2.63 bits per heavy atom. The van der Waals surface area contributed by atoms with E-state index in [0.29, 0.717) is 24.8 Å². The number of hydrogen-bond donors (Lipinski definition) is 1. The van der Waals surface area contributed by atoms with E-state index in [0.717, 1.165) is 31.7 Å². The van der Waals surface area contributed by atoms with E-state index >= 15 is 0 Å². The van der Waals surface area contributed by atoms with Crippen LogP contribution in [0.5, 0.6) is 5.75 Å². The number of amides is 2. The molecule has 2 aromatic rings. The van der Waals surface area contributed by atoms with E-state index in [-0.39, 0.29) is 55.9 Å². The molecule has 0 spiro atoms. The van der Waals surface area contributed by atoms with Gasteiger partial charge in [0.1, 0.15) is 23.8 Å². The number of halogens is 2. The average molecular weight is 691 g/mol. The number of fused-ring (bicyclic) bond motifs is 4. The summed E-state index contributed by atoms with van der Waals surface area (Å²) in [5.74, 6) is -2.79. The number of aromatic nitrogens is 1. The highest BCUT2D eigenvalue weighted by atomic mass is 19.1. The van der Waals surface area contributed by atoms with Crippen molar-refractivity contribution in [2.45, 2.75) is 84.3 Å². The molecule has 0 unspecified atom stereocenters. The maximum atomic E-state index is 14.3. The van der Waals surface area contributed by atoms with Crippen molar-refractivity contribution >= 4 is 23.9 Å². The third kappa shape index (κ3) is 9.92. The summed E-state index contributed by atoms with van der Waals surface area (Å²) < 4.78 is 50.3. The number of hydrogen-bond acceptors (Lipinski definition) is 10. The van der Waals surface area contributed by atoms with Crippen molar-refractivity contribution in [1.82, 2.24) is 14.8 Å². The molecule has 1 aromatic carbocycles. The van der Waals surface area contributed by atoms with Crippen LogP contribution in [-0.2, 0) is 25.6 Å². The van der Waals surface area contributed by atoms with Crippen LogP contribution in [0, 0.1) is 17.6 Å². The van der Waals surface area contributed by atoms with Crippen LogP contribution >= 0.6 is 0 Å². The first-order valence-electron chi connectivity index (χ1n) is 16.5. The Morgan fingerprint density at radius 1 is 1.12 bits per heavy atom. The molecule has 2 aliphatic rings. The van der Waals surface area contributed by atoms with Gasteiger partial charge in [-0.1, -0.05) is 50.8 Å². The largest absolute Gasteiger partial charge is 0.511 e. The second-order valence-corrected chi connectivity index (χ2v) is 12.5. The van der Waals surface area contributed by atoms with Crippen LogP contribution in [0.4, 0.5) is 13.6 Å². The number of unbranched alkanes of at least 4 members (excludes halogenated alkanes) is 3. The second-order valence-electron chi connectivity index (χ2n) is 12.5. The minimum absolute atomic E-state index is 0.0140. The molecule has 3 heterocycles. The van der Waals surface area contributed by atoms with Gasteiger partial charge in [0.25, 0.3) is 11.8 Å². The number of nitrogens with one attached hydrogen (secondary N) is 1. The first-order valence-corrected chi connectivity index (χ1v) is 16.5. The van der Waals surface area contributed by atoms with E-state index in [2.05, 4.69) is 24.3 Å². The van der Waals surface area contributed by atoms with Gasteiger partial charge in [0, 0.05) is 49.8 Å². The molecule has 0 aliphatic carbocycles. The van der Waals surface area contributed by atoms with Crippen molar-refractivity contribution in [3.8, 4) is 5.75 Å². The Kier molecular flexibility index (Phi) is 13.4. The highest BCUT2D eigenvalue weighted by Crippen LogP contribution is 2.32. The first kappa shape index (κ1) is 37.1. The molecule has 0 fully saturated rings. The lowest BCUT2D eigenvalue weighted by Gasteiger charge is -2.40. The first-order chi connectivity index (χ1) is 23.5. The van der Waals surface area contributed by atoms with Crippen molar-refractivity contribution in [2.75, 3.05) is 33.7 Å². The highest BCUT2D eigenvalue weighted by Gasteiger charge is 2.39. The minimum Gasteiger partial charge on any atom is -0.482 e. The van der Waals surface area contributed by atoms with Crippen molar-refractivity contribution < 1.29 is 46.9 Å². The molecule has 268 valence electrons. The van der Waals surface area contributed by atoms with E-state index in [1.165, 1.54) is 23.9 Å². The number of oxime groups is 1. The van der Waals surface area contributed by atoms with Crippen LogP contribution in [0.1, 0.15) is 98.2 Å². The molecule has 1 aromatic heterocycles. The zero-order chi connectivity index (χ0) is 35.5. The Balaban J connectivity index is 1.58. The molecule has 2 amide bonds. The minimum atomic E-state index is -1.02. The number of benzene rings is 1. The van der Waals surface area contributed by atoms with Gasteiger partial charge < -0.3 is 38.6 Å². The molecule has 0 saturated carbocycles. The maximum Gasteiger partial charge on any atom is 0.511 e. The van der Waals surface area contributed by atoms with Crippen molar-refractivity contribution in [1.29, 1.82) is 0 Å².